The van der Waals surface area contributed by atoms with Crippen molar-refractivity contribution in [1.29, 1.82) is 0 Å². The van der Waals surface area contributed by atoms with Gasteiger partial charge in [0.25, 0.3) is 0 Å². The van der Waals surface area contributed by atoms with Crippen molar-refractivity contribution in [1.82, 2.24) is 9.80 Å². The SMILES string of the molecule is CC.CC.CC1CN(C)C(C)CN1C. The van der Waals surface area contributed by atoms with Crippen LogP contribution in [0.2, 0.25) is 0 Å². The zero-order valence-electron chi connectivity index (χ0n) is 11.5. The van der Waals surface area contributed by atoms with E-state index in [4.69, 9.17) is 0 Å². The van der Waals surface area contributed by atoms with Gasteiger partial charge in [-0.2, -0.15) is 0 Å². The second-order valence-electron chi connectivity index (χ2n) is 3.58. The minimum Gasteiger partial charge on any atom is -0.301 e. The highest BCUT2D eigenvalue weighted by Gasteiger charge is 2.22. The van der Waals surface area contributed by atoms with Crippen LogP contribution in [0.25, 0.3) is 0 Å². The maximum absolute atomic E-state index is 2.42. The second kappa shape index (κ2) is 9.47. The molecular weight excluding hydrogens is 172 g/mol. The van der Waals surface area contributed by atoms with E-state index in [2.05, 4.69) is 37.7 Å². The molecule has 0 saturated carbocycles. The maximum atomic E-state index is 2.42. The lowest BCUT2D eigenvalue weighted by Gasteiger charge is -2.40. The van der Waals surface area contributed by atoms with Gasteiger partial charge < -0.3 is 9.80 Å². The zero-order chi connectivity index (χ0) is 11.7. The van der Waals surface area contributed by atoms with Crippen molar-refractivity contribution in [3.8, 4) is 0 Å². The van der Waals surface area contributed by atoms with E-state index in [0.717, 1.165) is 12.1 Å². The van der Waals surface area contributed by atoms with Gasteiger partial charge in [-0.25, -0.2) is 0 Å². The maximum Gasteiger partial charge on any atom is 0.0192 e. The van der Waals surface area contributed by atoms with Crippen molar-refractivity contribution in [2.75, 3.05) is 27.2 Å². The van der Waals surface area contributed by atoms with E-state index in [9.17, 15) is 0 Å². The van der Waals surface area contributed by atoms with Gasteiger partial charge in [0.15, 0.2) is 0 Å². The highest BCUT2D eigenvalue weighted by molar-refractivity contribution is 4.79. The molecule has 2 heteroatoms. The van der Waals surface area contributed by atoms with Gasteiger partial charge in [-0.15, -0.1) is 0 Å². The van der Waals surface area contributed by atoms with Crippen LogP contribution in [0, 0.1) is 0 Å². The van der Waals surface area contributed by atoms with E-state index < -0.39 is 0 Å². The fourth-order valence-electron chi connectivity index (χ4n) is 1.47. The first kappa shape index (κ1) is 16.4. The highest BCUT2D eigenvalue weighted by Crippen LogP contribution is 2.09. The Kier molecular flexibility index (Phi) is 11.1. The van der Waals surface area contributed by atoms with Crippen LogP contribution in [0.4, 0.5) is 0 Å². The van der Waals surface area contributed by atoms with Crippen LogP contribution in [0.15, 0.2) is 0 Å². The van der Waals surface area contributed by atoms with Crippen LogP contribution in [0.5, 0.6) is 0 Å². The van der Waals surface area contributed by atoms with Crippen LogP contribution in [-0.4, -0.2) is 49.1 Å². The number of hydrogen-bond acceptors (Lipinski definition) is 2. The Morgan fingerprint density at radius 1 is 0.714 bits per heavy atom. The standard InChI is InChI=1S/C8H18N2.2C2H6/c1-7-5-10(4)8(2)6-9(7)3;2*1-2/h7-8H,5-6H2,1-4H3;2*1-2H3. The lowest BCUT2D eigenvalue weighted by Crippen LogP contribution is -2.53. The third-order valence-electron chi connectivity index (χ3n) is 2.61. The lowest BCUT2D eigenvalue weighted by molar-refractivity contribution is 0.0803. The van der Waals surface area contributed by atoms with Crippen LogP contribution in [0.1, 0.15) is 41.5 Å². The summed E-state index contributed by atoms with van der Waals surface area (Å²) >= 11 is 0. The second-order valence-corrected chi connectivity index (χ2v) is 3.58. The molecule has 0 aromatic heterocycles. The number of nitrogens with zero attached hydrogens (tertiary/aromatic N) is 2. The first-order chi connectivity index (χ1) is 6.61. The molecule has 0 spiro atoms. The molecule has 0 aromatic rings. The molecule has 2 nitrogen and oxygen atoms in total. The van der Waals surface area contributed by atoms with Crippen molar-refractivity contribution < 1.29 is 0 Å². The van der Waals surface area contributed by atoms with Gasteiger partial charge in [-0.1, -0.05) is 27.7 Å². The third-order valence-corrected chi connectivity index (χ3v) is 2.61. The molecule has 1 rings (SSSR count). The van der Waals surface area contributed by atoms with E-state index in [1.165, 1.54) is 13.1 Å². The summed E-state index contributed by atoms with van der Waals surface area (Å²) < 4.78 is 0. The molecule has 14 heavy (non-hydrogen) atoms. The number of rotatable bonds is 0. The average Bonchev–Trinajstić information content (AvgIpc) is 2.21. The molecule has 1 heterocycles. The molecule has 1 aliphatic rings. The molecule has 0 aromatic carbocycles. The monoisotopic (exact) mass is 202 g/mol. The number of hydrogen-bond donors (Lipinski definition) is 0. The summed E-state index contributed by atoms with van der Waals surface area (Å²) in [5, 5.41) is 0. The molecule has 88 valence electrons. The van der Waals surface area contributed by atoms with Crippen molar-refractivity contribution >= 4 is 0 Å². The summed E-state index contributed by atoms with van der Waals surface area (Å²) in [4.78, 5) is 4.84. The Bertz CT molecular complexity index is 88.9. The normalized spacial score (nSPS) is 28.3. The van der Waals surface area contributed by atoms with E-state index in [1.807, 2.05) is 27.7 Å². The molecule has 0 aliphatic carbocycles. The largest absolute Gasteiger partial charge is 0.301 e. The molecule has 0 bridgehead atoms. The van der Waals surface area contributed by atoms with E-state index in [-0.39, 0.29) is 0 Å². The number of likely N-dealkylation sites (N-methyl/N-ethyl adjacent to an activating group) is 2. The Morgan fingerprint density at radius 2 is 0.929 bits per heavy atom. The minimum absolute atomic E-state index is 0.723. The van der Waals surface area contributed by atoms with Gasteiger partial charge in [0.2, 0.25) is 0 Å². The van der Waals surface area contributed by atoms with Crippen molar-refractivity contribution in [3.63, 3.8) is 0 Å². The predicted molar refractivity (Wildman–Crippen MR) is 66.9 cm³/mol. The fraction of sp³-hybridized carbons (Fsp3) is 1.00. The predicted octanol–water partition coefficient (Wildman–Crippen LogP) is 2.69. The fourth-order valence-corrected chi connectivity index (χ4v) is 1.47. The summed E-state index contributed by atoms with van der Waals surface area (Å²) in [7, 11) is 4.41. The number of piperazine rings is 1. The van der Waals surface area contributed by atoms with Crippen LogP contribution in [-0.2, 0) is 0 Å². The topological polar surface area (TPSA) is 6.48 Å². The Balaban J connectivity index is 0. The molecule has 0 N–H and O–H groups in total. The third kappa shape index (κ3) is 5.61. The van der Waals surface area contributed by atoms with Gasteiger partial charge in [0.05, 0.1) is 0 Å². The van der Waals surface area contributed by atoms with Gasteiger partial charge in [-0.3, -0.25) is 0 Å². The Hall–Kier alpha value is -0.0800. The zero-order valence-corrected chi connectivity index (χ0v) is 11.5. The quantitative estimate of drug-likeness (QED) is 0.596. The summed E-state index contributed by atoms with van der Waals surface area (Å²) in [6, 6.07) is 1.45. The van der Waals surface area contributed by atoms with E-state index >= 15 is 0 Å². The average molecular weight is 202 g/mol. The molecule has 0 radical (unpaired) electrons. The first-order valence-electron chi connectivity index (χ1n) is 6.01. The molecule has 2 unspecified atom stereocenters. The summed E-state index contributed by atoms with van der Waals surface area (Å²) in [6.45, 7) is 15.0. The van der Waals surface area contributed by atoms with E-state index in [1.54, 1.807) is 0 Å². The minimum atomic E-state index is 0.723. The van der Waals surface area contributed by atoms with Gasteiger partial charge in [0.1, 0.15) is 0 Å². The molecule has 1 saturated heterocycles. The molecule has 1 aliphatic heterocycles. The van der Waals surface area contributed by atoms with Crippen molar-refractivity contribution in [3.05, 3.63) is 0 Å². The smallest absolute Gasteiger partial charge is 0.0192 e. The van der Waals surface area contributed by atoms with Gasteiger partial charge >= 0.3 is 0 Å². The summed E-state index contributed by atoms with van der Waals surface area (Å²) in [6.07, 6.45) is 0. The summed E-state index contributed by atoms with van der Waals surface area (Å²) in [5.74, 6) is 0. The Labute approximate surface area is 91.3 Å². The van der Waals surface area contributed by atoms with Crippen molar-refractivity contribution in [2.24, 2.45) is 0 Å². The first-order valence-corrected chi connectivity index (χ1v) is 6.01. The van der Waals surface area contributed by atoms with Gasteiger partial charge in [0, 0.05) is 25.2 Å². The molecule has 1 fully saturated rings. The van der Waals surface area contributed by atoms with Crippen LogP contribution in [0.3, 0.4) is 0 Å². The Morgan fingerprint density at radius 3 is 1.14 bits per heavy atom. The van der Waals surface area contributed by atoms with Crippen LogP contribution < -0.4 is 0 Å². The van der Waals surface area contributed by atoms with E-state index in [0.29, 0.717) is 0 Å². The molecular formula is C12H30N2. The van der Waals surface area contributed by atoms with Gasteiger partial charge in [-0.05, 0) is 27.9 Å². The molecule has 2 atom stereocenters. The van der Waals surface area contributed by atoms with Crippen molar-refractivity contribution in [2.45, 2.75) is 53.6 Å². The van der Waals surface area contributed by atoms with Crippen LogP contribution >= 0.6 is 0 Å². The highest BCUT2D eigenvalue weighted by atomic mass is 15.3. The molecule has 0 amide bonds. The lowest BCUT2D eigenvalue weighted by atomic mass is 10.1. The summed E-state index contributed by atoms with van der Waals surface area (Å²) in [5.41, 5.74) is 0.